The minimum Gasteiger partial charge on any atom is -0.380 e. The van der Waals surface area contributed by atoms with E-state index >= 15 is 0 Å². The van der Waals surface area contributed by atoms with Crippen LogP contribution in [0.25, 0.3) is 0 Å². The smallest absolute Gasteiger partial charge is 0.0597 e. The lowest BCUT2D eigenvalue weighted by molar-refractivity contribution is 0.0761. The van der Waals surface area contributed by atoms with Crippen molar-refractivity contribution in [1.82, 2.24) is 0 Å². The fraction of sp³-hybridized carbons (Fsp3) is 0.867. The molecule has 0 aromatic carbocycles. The second-order valence-corrected chi connectivity index (χ2v) is 5.82. The molecule has 1 aliphatic heterocycles. The highest BCUT2D eigenvalue weighted by Crippen LogP contribution is 2.68. The second kappa shape index (κ2) is 4.52. The molecule has 0 N–H and O–H groups in total. The van der Waals surface area contributed by atoms with E-state index in [-0.39, 0.29) is 0 Å². The summed E-state index contributed by atoms with van der Waals surface area (Å²) >= 11 is 0. The van der Waals surface area contributed by atoms with Gasteiger partial charge in [-0.2, -0.15) is 0 Å². The lowest BCUT2D eigenvalue weighted by Gasteiger charge is -2.27. The highest BCUT2D eigenvalue weighted by Gasteiger charge is 2.58. The molecule has 2 fully saturated rings. The molecule has 1 heteroatoms. The van der Waals surface area contributed by atoms with Crippen LogP contribution in [0.1, 0.15) is 64.2 Å². The topological polar surface area (TPSA) is 9.23 Å². The van der Waals surface area contributed by atoms with Gasteiger partial charge < -0.3 is 4.74 Å². The zero-order valence-corrected chi connectivity index (χ0v) is 10.4. The molecule has 1 heterocycles. The van der Waals surface area contributed by atoms with E-state index in [1.807, 2.05) is 5.57 Å². The first-order valence-electron chi connectivity index (χ1n) is 7.24. The van der Waals surface area contributed by atoms with E-state index in [9.17, 15) is 0 Å². The SMILES string of the molecule is C1CCCCOCC23CCC2=C3CCCC1. The number of ether oxygens (including phenoxy) is 1. The normalized spacial score (nSPS) is 36.0. The van der Waals surface area contributed by atoms with Gasteiger partial charge in [0.1, 0.15) is 0 Å². The van der Waals surface area contributed by atoms with Gasteiger partial charge in [-0.3, -0.25) is 0 Å². The van der Waals surface area contributed by atoms with Crippen molar-refractivity contribution in [2.24, 2.45) is 5.41 Å². The van der Waals surface area contributed by atoms with Gasteiger partial charge in [-0.1, -0.05) is 43.3 Å². The molecule has 1 unspecified atom stereocenters. The van der Waals surface area contributed by atoms with E-state index in [4.69, 9.17) is 4.74 Å². The van der Waals surface area contributed by atoms with Crippen molar-refractivity contribution in [1.29, 1.82) is 0 Å². The molecule has 0 radical (unpaired) electrons. The van der Waals surface area contributed by atoms with Gasteiger partial charge in [0.25, 0.3) is 0 Å². The average molecular weight is 220 g/mol. The zero-order chi connectivity index (χ0) is 10.8. The van der Waals surface area contributed by atoms with Gasteiger partial charge in [0.2, 0.25) is 0 Å². The van der Waals surface area contributed by atoms with Crippen LogP contribution >= 0.6 is 0 Å². The maximum Gasteiger partial charge on any atom is 0.0597 e. The van der Waals surface area contributed by atoms with Crippen molar-refractivity contribution in [3.8, 4) is 0 Å². The number of hydrogen-bond acceptors (Lipinski definition) is 1. The molecule has 1 spiro atoms. The monoisotopic (exact) mass is 220 g/mol. The summed E-state index contributed by atoms with van der Waals surface area (Å²) in [5.41, 5.74) is 4.14. The summed E-state index contributed by atoms with van der Waals surface area (Å²) in [7, 11) is 0. The summed E-state index contributed by atoms with van der Waals surface area (Å²) in [5, 5.41) is 0. The quantitative estimate of drug-likeness (QED) is 0.555. The van der Waals surface area contributed by atoms with Crippen molar-refractivity contribution < 1.29 is 4.74 Å². The highest BCUT2D eigenvalue weighted by atomic mass is 16.5. The molecule has 1 atom stereocenters. The Balaban J connectivity index is 1.53. The van der Waals surface area contributed by atoms with Gasteiger partial charge in [0.05, 0.1) is 6.61 Å². The molecule has 1 saturated carbocycles. The van der Waals surface area contributed by atoms with E-state index < -0.39 is 0 Å². The minimum absolute atomic E-state index is 0.536. The maximum atomic E-state index is 5.88. The molecule has 3 aliphatic rings. The molecule has 0 bridgehead atoms. The van der Waals surface area contributed by atoms with Gasteiger partial charge in [-0.15, -0.1) is 0 Å². The highest BCUT2D eigenvalue weighted by molar-refractivity contribution is 5.55. The Morgan fingerprint density at radius 2 is 1.44 bits per heavy atom. The number of rotatable bonds is 0. The standard InChI is InChI=1S/C15H24O/c1-2-4-6-8-13-14-9-10-15(13,14)12-16-11-7-5-3-1/h1-12H2. The Bertz CT molecular complexity index is 292. The molecule has 90 valence electrons. The lowest BCUT2D eigenvalue weighted by atomic mass is 9.81. The van der Waals surface area contributed by atoms with E-state index in [0.29, 0.717) is 5.41 Å². The van der Waals surface area contributed by atoms with Crippen molar-refractivity contribution in [2.75, 3.05) is 13.2 Å². The lowest BCUT2D eigenvalue weighted by Crippen LogP contribution is -2.23. The third-order valence-corrected chi connectivity index (χ3v) is 4.82. The van der Waals surface area contributed by atoms with Crippen molar-refractivity contribution in [2.45, 2.75) is 64.2 Å². The Kier molecular flexibility index (Phi) is 3.06. The number of hydrogen-bond donors (Lipinski definition) is 0. The summed E-state index contributed by atoms with van der Waals surface area (Å²) in [5.74, 6) is 0. The van der Waals surface area contributed by atoms with Crippen LogP contribution in [0.4, 0.5) is 0 Å². The first-order chi connectivity index (χ1) is 7.93. The first-order valence-corrected chi connectivity index (χ1v) is 7.24. The van der Waals surface area contributed by atoms with Crippen LogP contribution in [0.2, 0.25) is 0 Å². The van der Waals surface area contributed by atoms with E-state index in [0.717, 1.165) is 13.2 Å². The Hall–Kier alpha value is -0.300. The molecule has 16 heavy (non-hydrogen) atoms. The van der Waals surface area contributed by atoms with E-state index in [1.54, 1.807) is 5.57 Å². The molecule has 1 nitrogen and oxygen atoms in total. The Morgan fingerprint density at radius 3 is 2.19 bits per heavy atom. The fourth-order valence-corrected chi connectivity index (χ4v) is 3.62. The first kappa shape index (κ1) is 10.8. The Morgan fingerprint density at radius 1 is 0.750 bits per heavy atom. The van der Waals surface area contributed by atoms with E-state index in [1.165, 1.54) is 64.2 Å². The molecule has 0 aromatic rings. The van der Waals surface area contributed by atoms with E-state index in [2.05, 4.69) is 0 Å². The molecular weight excluding hydrogens is 196 g/mol. The van der Waals surface area contributed by atoms with Crippen molar-refractivity contribution >= 4 is 0 Å². The summed E-state index contributed by atoms with van der Waals surface area (Å²) in [6.07, 6.45) is 14.0. The second-order valence-electron chi connectivity index (χ2n) is 5.82. The maximum absolute atomic E-state index is 5.88. The fourth-order valence-electron chi connectivity index (χ4n) is 3.62. The zero-order valence-electron chi connectivity index (χ0n) is 10.4. The summed E-state index contributed by atoms with van der Waals surface area (Å²) in [6.45, 7) is 2.03. The average Bonchev–Trinajstić information content (AvgIpc) is 2.71. The third-order valence-electron chi connectivity index (χ3n) is 4.82. The minimum atomic E-state index is 0.536. The van der Waals surface area contributed by atoms with Crippen LogP contribution in [0.3, 0.4) is 0 Å². The molecule has 2 aliphatic carbocycles. The third kappa shape index (κ3) is 1.84. The van der Waals surface area contributed by atoms with Gasteiger partial charge in [-0.25, -0.2) is 0 Å². The summed E-state index contributed by atoms with van der Waals surface area (Å²) in [6, 6.07) is 0. The van der Waals surface area contributed by atoms with Crippen LogP contribution in [-0.4, -0.2) is 13.2 Å². The molecule has 1 saturated heterocycles. The van der Waals surface area contributed by atoms with Crippen molar-refractivity contribution in [3.05, 3.63) is 11.1 Å². The summed E-state index contributed by atoms with van der Waals surface area (Å²) < 4.78 is 5.88. The molecule has 0 aromatic heterocycles. The van der Waals surface area contributed by atoms with Crippen molar-refractivity contribution in [3.63, 3.8) is 0 Å². The van der Waals surface area contributed by atoms with Gasteiger partial charge >= 0.3 is 0 Å². The molecule has 0 amide bonds. The van der Waals surface area contributed by atoms with Crippen LogP contribution in [0, 0.1) is 5.41 Å². The van der Waals surface area contributed by atoms with Gasteiger partial charge in [-0.05, 0) is 32.1 Å². The predicted molar refractivity (Wildman–Crippen MR) is 66.4 cm³/mol. The van der Waals surface area contributed by atoms with Crippen LogP contribution in [0.15, 0.2) is 11.1 Å². The van der Waals surface area contributed by atoms with Crippen LogP contribution in [-0.2, 0) is 4.74 Å². The summed E-state index contributed by atoms with van der Waals surface area (Å²) in [4.78, 5) is 0. The largest absolute Gasteiger partial charge is 0.380 e. The predicted octanol–water partition coefficient (Wildman–Crippen LogP) is 4.23. The van der Waals surface area contributed by atoms with Gasteiger partial charge in [0, 0.05) is 12.0 Å². The van der Waals surface area contributed by atoms with Crippen LogP contribution in [0.5, 0.6) is 0 Å². The molecule has 3 rings (SSSR count). The van der Waals surface area contributed by atoms with Crippen LogP contribution < -0.4 is 0 Å². The Labute approximate surface area is 99.3 Å². The van der Waals surface area contributed by atoms with Gasteiger partial charge in [0.15, 0.2) is 0 Å². The molecular formula is C15H24O.